The van der Waals surface area contributed by atoms with E-state index in [0.717, 1.165) is 24.1 Å². The highest BCUT2D eigenvalue weighted by atomic mass is 32.1. The van der Waals surface area contributed by atoms with Crippen molar-refractivity contribution in [2.24, 2.45) is 11.8 Å². The lowest BCUT2D eigenvalue weighted by atomic mass is 9.74. The molecule has 1 aromatic rings. The smallest absolute Gasteiger partial charge is 0.348 e. The summed E-state index contributed by atoms with van der Waals surface area (Å²) in [7, 11) is 0. The average molecular weight is 310 g/mol. The van der Waals surface area contributed by atoms with Crippen LogP contribution in [0, 0.1) is 11.8 Å². The summed E-state index contributed by atoms with van der Waals surface area (Å²) >= 11 is 1.34. The van der Waals surface area contributed by atoms with Gasteiger partial charge in [-0.25, -0.2) is 4.79 Å². The molecule has 0 aromatic carbocycles. The van der Waals surface area contributed by atoms with E-state index in [4.69, 9.17) is 4.74 Å². The molecule has 2 rings (SSSR count). The Morgan fingerprint density at radius 2 is 2.05 bits per heavy atom. The zero-order valence-corrected chi connectivity index (χ0v) is 13.5. The lowest BCUT2D eigenvalue weighted by Crippen LogP contribution is -2.30. The monoisotopic (exact) mass is 310 g/mol. The van der Waals surface area contributed by atoms with Gasteiger partial charge in [0.2, 0.25) is 0 Å². The summed E-state index contributed by atoms with van der Waals surface area (Å²) in [6.07, 6.45) is 3.64. The summed E-state index contributed by atoms with van der Waals surface area (Å²) in [5, 5.41) is 9.35. The van der Waals surface area contributed by atoms with Crippen molar-refractivity contribution in [1.29, 1.82) is 0 Å². The van der Waals surface area contributed by atoms with Gasteiger partial charge in [0.25, 0.3) is 0 Å². The van der Waals surface area contributed by atoms with Gasteiger partial charge >= 0.3 is 11.9 Å². The lowest BCUT2D eigenvalue weighted by Gasteiger charge is -2.30. The highest BCUT2D eigenvalue weighted by Crippen LogP contribution is 2.36. The highest BCUT2D eigenvalue weighted by Gasteiger charge is 2.33. The van der Waals surface area contributed by atoms with Crippen LogP contribution in [0.3, 0.4) is 0 Å². The maximum Gasteiger partial charge on any atom is 0.348 e. The zero-order chi connectivity index (χ0) is 15.6. The molecule has 1 fully saturated rings. The molecule has 4 nitrogen and oxygen atoms in total. The second-order valence-corrected chi connectivity index (χ2v) is 7.78. The number of esters is 1. The third-order valence-electron chi connectivity index (χ3n) is 3.72. The number of hydrogen-bond donors (Lipinski definition) is 1. The molecule has 116 valence electrons. The van der Waals surface area contributed by atoms with Crippen molar-refractivity contribution < 1.29 is 19.4 Å². The highest BCUT2D eigenvalue weighted by molar-refractivity contribution is 7.13. The Hall–Kier alpha value is -1.36. The van der Waals surface area contributed by atoms with E-state index in [1.165, 1.54) is 11.3 Å². The van der Waals surface area contributed by atoms with Crippen LogP contribution < -0.4 is 0 Å². The van der Waals surface area contributed by atoms with Crippen molar-refractivity contribution in [2.75, 3.05) is 0 Å². The van der Waals surface area contributed by atoms with Crippen molar-refractivity contribution in [1.82, 2.24) is 0 Å². The second-order valence-electron chi connectivity index (χ2n) is 6.61. The molecule has 1 N–H and O–H groups in total. The van der Waals surface area contributed by atoms with Gasteiger partial charge in [-0.15, -0.1) is 11.3 Å². The van der Waals surface area contributed by atoms with Crippen LogP contribution in [0.5, 0.6) is 0 Å². The lowest BCUT2D eigenvalue weighted by molar-refractivity contribution is -0.144. The van der Waals surface area contributed by atoms with E-state index in [9.17, 15) is 14.7 Å². The number of ether oxygens (including phenoxy) is 1. The van der Waals surface area contributed by atoms with Crippen molar-refractivity contribution >= 4 is 23.3 Å². The fourth-order valence-electron chi connectivity index (χ4n) is 2.44. The number of thiophene rings is 1. The molecule has 1 aromatic heterocycles. The fourth-order valence-corrected chi connectivity index (χ4v) is 3.38. The quantitative estimate of drug-likeness (QED) is 0.841. The maximum atomic E-state index is 12.0. The molecule has 1 saturated carbocycles. The molecule has 0 amide bonds. The van der Waals surface area contributed by atoms with E-state index < -0.39 is 11.6 Å². The SMILES string of the molecule is CC(C)(C)OC(=O)c1ccc(CC(C(=O)O)C2CCC2)s1. The number of carboxylic acid groups (broad SMARTS) is 1. The van der Waals surface area contributed by atoms with Gasteiger partial charge in [0.1, 0.15) is 10.5 Å². The minimum absolute atomic E-state index is 0.287. The first-order valence-electron chi connectivity index (χ1n) is 7.31. The number of carbonyl (C=O) groups excluding carboxylic acids is 1. The summed E-state index contributed by atoms with van der Waals surface area (Å²) in [6.45, 7) is 5.49. The van der Waals surface area contributed by atoms with E-state index in [-0.39, 0.29) is 17.8 Å². The molecule has 21 heavy (non-hydrogen) atoms. The third kappa shape index (κ3) is 4.30. The van der Waals surface area contributed by atoms with Crippen LogP contribution in [0.2, 0.25) is 0 Å². The van der Waals surface area contributed by atoms with Crippen LogP contribution in [0.4, 0.5) is 0 Å². The van der Waals surface area contributed by atoms with Gasteiger partial charge in [-0.3, -0.25) is 4.79 Å². The summed E-state index contributed by atoms with van der Waals surface area (Å²) in [5.41, 5.74) is -0.517. The van der Waals surface area contributed by atoms with Crippen LogP contribution in [0.25, 0.3) is 0 Å². The molecule has 0 bridgehead atoms. The van der Waals surface area contributed by atoms with Crippen molar-refractivity contribution in [3.8, 4) is 0 Å². The molecule has 0 saturated heterocycles. The van der Waals surface area contributed by atoms with E-state index in [1.807, 2.05) is 26.8 Å². The topological polar surface area (TPSA) is 63.6 Å². The first-order chi connectivity index (χ1) is 9.76. The largest absolute Gasteiger partial charge is 0.481 e. The fraction of sp³-hybridized carbons (Fsp3) is 0.625. The summed E-state index contributed by atoms with van der Waals surface area (Å²) < 4.78 is 5.32. The Balaban J connectivity index is 2.02. The summed E-state index contributed by atoms with van der Waals surface area (Å²) in [6, 6.07) is 3.58. The number of carboxylic acids is 1. The van der Waals surface area contributed by atoms with Gasteiger partial charge < -0.3 is 9.84 Å². The van der Waals surface area contributed by atoms with Crippen molar-refractivity contribution in [2.45, 2.75) is 52.1 Å². The molecular formula is C16H22O4S. The molecule has 0 aliphatic heterocycles. The first-order valence-corrected chi connectivity index (χ1v) is 8.13. The van der Waals surface area contributed by atoms with Crippen molar-refractivity contribution in [3.05, 3.63) is 21.9 Å². The predicted octanol–water partition coefficient (Wildman–Crippen LogP) is 3.75. The van der Waals surface area contributed by atoms with E-state index >= 15 is 0 Å². The van der Waals surface area contributed by atoms with Crippen LogP contribution in [-0.2, 0) is 16.0 Å². The Kier molecular flexibility index (Phi) is 4.71. The van der Waals surface area contributed by atoms with Gasteiger partial charge in [-0.05, 0) is 58.1 Å². The van der Waals surface area contributed by atoms with Crippen LogP contribution in [0.15, 0.2) is 12.1 Å². The molecule has 1 unspecified atom stereocenters. The maximum absolute atomic E-state index is 12.0. The predicted molar refractivity (Wildman–Crippen MR) is 81.7 cm³/mol. The Labute approximate surface area is 129 Å². The Morgan fingerprint density at radius 1 is 1.38 bits per heavy atom. The molecule has 1 atom stereocenters. The molecule has 5 heteroatoms. The van der Waals surface area contributed by atoms with Gasteiger partial charge in [0, 0.05) is 4.88 Å². The first kappa shape index (κ1) is 16.0. The van der Waals surface area contributed by atoms with Gasteiger partial charge in [-0.1, -0.05) is 6.42 Å². The van der Waals surface area contributed by atoms with Gasteiger partial charge in [0.15, 0.2) is 0 Å². The molecule has 1 heterocycles. The van der Waals surface area contributed by atoms with E-state index in [1.54, 1.807) is 6.07 Å². The molecule has 1 aliphatic carbocycles. The van der Waals surface area contributed by atoms with E-state index in [0.29, 0.717) is 11.3 Å². The molecule has 1 aliphatic rings. The summed E-state index contributed by atoms with van der Waals surface area (Å²) in [5.74, 6) is -1.11. The molecule has 0 radical (unpaired) electrons. The Morgan fingerprint density at radius 3 is 2.52 bits per heavy atom. The minimum atomic E-state index is -0.730. The van der Waals surface area contributed by atoms with Crippen LogP contribution in [-0.4, -0.2) is 22.6 Å². The average Bonchev–Trinajstić information content (AvgIpc) is 2.71. The molecular weight excluding hydrogens is 288 g/mol. The number of aliphatic carboxylic acids is 1. The number of rotatable bonds is 5. The van der Waals surface area contributed by atoms with E-state index in [2.05, 4.69) is 0 Å². The van der Waals surface area contributed by atoms with Crippen LogP contribution >= 0.6 is 11.3 Å². The Bertz CT molecular complexity index is 523. The number of hydrogen-bond acceptors (Lipinski definition) is 4. The normalized spacial score (nSPS) is 17.1. The van der Waals surface area contributed by atoms with Crippen molar-refractivity contribution in [3.63, 3.8) is 0 Å². The second kappa shape index (κ2) is 6.18. The van der Waals surface area contributed by atoms with Gasteiger partial charge in [0.05, 0.1) is 5.92 Å². The standard InChI is InChI=1S/C16H22O4S/c1-16(2,3)20-15(19)13-8-7-11(21-13)9-12(14(17)18)10-5-4-6-10/h7-8,10,12H,4-6,9H2,1-3H3,(H,17,18). The zero-order valence-electron chi connectivity index (χ0n) is 12.7. The minimum Gasteiger partial charge on any atom is -0.481 e. The number of carbonyl (C=O) groups is 2. The summed E-state index contributed by atoms with van der Waals surface area (Å²) in [4.78, 5) is 24.8. The van der Waals surface area contributed by atoms with Gasteiger partial charge in [-0.2, -0.15) is 0 Å². The third-order valence-corrected chi connectivity index (χ3v) is 4.81. The molecule has 0 spiro atoms. The van der Waals surface area contributed by atoms with Crippen LogP contribution in [0.1, 0.15) is 54.6 Å².